The number of likely N-dealkylation sites (N-methyl/N-ethyl adjacent to an activating group) is 1. The summed E-state index contributed by atoms with van der Waals surface area (Å²) in [5.41, 5.74) is 0.246. The van der Waals surface area contributed by atoms with E-state index in [9.17, 15) is 0 Å². The third-order valence-corrected chi connectivity index (χ3v) is 2.93. The monoisotopic (exact) mass is 228 g/mol. The van der Waals surface area contributed by atoms with Gasteiger partial charge in [0.1, 0.15) is 0 Å². The van der Waals surface area contributed by atoms with Crippen LogP contribution in [-0.4, -0.2) is 36.6 Å². The minimum absolute atomic E-state index is 0.246. The van der Waals surface area contributed by atoms with Crippen LogP contribution in [-0.2, 0) is 0 Å². The predicted molar refractivity (Wildman–Crippen MR) is 74.0 cm³/mol. The lowest BCUT2D eigenvalue weighted by Crippen LogP contribution is -2.49. The molecule has 0 heterocycles. The molecule has 2 nitrogen and oxygen atoms in total. The Morgan fingerprint density at radius 2 is 1.44 bits per heavy atom. The summed E-state index contributed by atoms with van der Waals surface area (Å²) in [7, 11) is 0. The average Bonchev–Trinajstić information content (AvgIpc) is 2.21. The Bertz CT molecular complexity index is 147. The van der Waals surface area contributed by atoms with E-state index in [1.807, 2.05) is 0 Å². The van der Waals surface area contributed by atoms with Gasteiger partial charge < -0.3 is 10.2 Å². The van der Waals surface area contributed by atoms with E-state index in [0.717, 1.165) is 6.54 Å². The summed E-state index contributed by atoms with van der Waals surface area (Å²) in [6.45, 7) is 16.1. The first kappa shape index (κ1) is 15.9. The molecule has 0 aliphatic rings. The number of nitrogens with one attached hydrogen (secondary N) is 1. The Hall–Kier alpha value is -0.0800. The molecule has 0 aromatic carbocycles. The molecule has 0 bridgehead atoms. The van der Waals surface area contributed by atoms with Crippen molar-refractivity contribution in [2.45, 2.75) is 65.8 Å². The largest absolute Gasteiger partial charge is 0.311 e. The summed E-state index contributed by atoms with van der Waals surface area (Å²) in [4.78, 5) is 2.62. The number of unbranched alkanes of at least 4 members (excludes halogenated alkanes) is 2. The fraction of sp³-hybridized carbons (Fsp3) is 1.00. The Morgan fingerprint density at radius 1 is 0.938 bits per heavy atom. The highest BCUT2D eigenvalue weighted by Gasteiger charge is 2.19. The second kappa shape index (κ2) is 9.00. The summed E-state index contributed by atoms with van der Waals surface area (Å²) in [5, 5.41) is 3.56. The molecule has 0 aliphatic heterocycles. The van der Waals surface area contributed by atoms with E-state index >= 15 is 0 Å². The molecule has 0 radical (unpaired) electrons. The van der Waals surface area contributed by atoms with Gasteiger partial charge in [0.2, 0.25) is 0 Å². The van der Waals surface area contributed by atoms with Gasteiger partial charge >= 0.3 is 0 Å². The van der Waals surface area contributed by atoms with Crippen LogP contribution in [0.5, 0.6) is 0 Å². The van der Waals surface area contributed by atoms with E-state index in [1.165, 1.54) is 45.3 Å². The first-order valence-electron chi connectivity index (χ1n) is 7.03. The van der Waals surface area contributed by atoms with Crippen LogP contribution in [0.3, 0.4) is 0 Å². The van der Waals surface area contributed by atoms with E-state index < -0.39 is 0 Å². The molecule has 98 valence electrons. The van der Waals surface area contributed by atoms with Gasteiger partial charge in [-0.3, -0.25) is 0 Å². The second-order valence-corrected chi connectivity index (χ2v) is 5.40. The van der Waals surface area contributed by atoms with Crippen molar-refractivity contribution in [2.24, 2.45) is 0 Å². The van der Waals surface area contributed by atoms with Crippen molar-refractivity contribution in [3.63, 3.8) is 0 Å². The zero-order valence-corrected chi connectivity index (χ0v) is 12.1. The molecule has 16 heavy (non-hydrogen) atoms. The zero-order chi connectivity index (χ0) is 12.4. The molecule has 0 unspecified atom stereocenters. The lowest BCUT2D eigenvalue weighted by atomic mass is 10.0. The Balaban J connectivity index is 4.06. The summed E-state index contributed by atoms with van der Waals surface area (Å²) < 4.78 is 0. The van der Waals surface area contributed by atoms with Gasteiger partial charge in [-0.05, 0) is 46.3 Å². The van der Waals surface area contributed by atoms with Crippen LogP contribution in [0.4, 0.5) is 0 Å². The van der Waals surface area contributed by atoms with Gasteiger partial charge in [-0.25, -0.2) is 0 Å². The normalized spacial score (nSPS) is 12.4. The van der Waals surface area contributed by atoms with E-state index in [0.29, 0.717) is 0 Å². The number of hydrogen-bond donors (Lipinski definition) is 1. The molecule has 0 aromatic heterocycles. The highest BCUT2D eigenvalue weighted by molar-refractivity contribution is 4.81. The number of nitrogens with zero attached hydrogens (tertiary/aromatic N) is 1. The van der Waals surface area contributed by atoms with Gasteiger partial charge in [-0.1, -0.05) is 33.6 Å². The number of hydrogen-bond acceptors (Lipinski definition) is 2. The maximum atomic E-state index is 3.56. The van der Waals surface area contributed by atoms with Crippen LogP contribution >= 0.6 is 0 Å². The standard InChI is InChI=1S/C14H32N2/c1-6-9-11-16(12-10-7-2)13-14(4,5)15-8-3/h15H,6-13H2,1-5H3. The van der Waals surface area contributed by atoms with Crippen molar-refractivity contribution in [2.75, 3.05) is 26.2 Å². The van der Waals surface area contributed by atoms with E-state index in [-0.39, 0.29) is 5.54 Å². The lowest BCUT2D eigenvalue weighted by Gasteiger charge is -2.33. The van der Waals surface area contributed by atoms with Gasteiger partial charge in [0, 0.05) is 12.1 Å². The van der Waals surface area contributed by atoms with Crippen LogP contribution < -0.4 is 5.32 Å². The Labute approximate surface area is 103 Å². The first-order valence-corrected chi connectivity index (χ1v) is 7.03. The summed E-state index contributed by atoms with van der Waals surface area (Å²) in [6, 6.07) is 0. The Morgan fingerprint density at radius 3 is 1.81 bits per heavy atom. The molecule has 0 saturated carbocycles. The maximum Gasteiger partial charge on any atom is 0.0252 e. The van der Waals surface area contributed by atoms with Gasteiger partial charge in [-0.2, -0.15) is 0 Å². The third kappa shape index (κ3) is 8.12. The quantitative estimate of drug-likeness (QED) is 0.617. The molecule has 0 spiro atoms. The van der Waals surface area contributed by atoms with Crippen LogP contribution in [0.15, 0.2) is 0 Å². The molecular formula is C14H32N2. The topological polar surface area (TPSA) is 15.3 Å². The Kier molecular flexibility index (Phi) is 8.96. The van der Waals surface area contributed by atoms with Crippen molar-refractivity contribution in [1.82, 2.24) is 10.2 Å². The predicted octanol–water partition coefficient (Wildman–Crippen LogP) is 3.28. The molecule has 0 atom stereocenters. The molecular weight excluding hydrogens is 196 g/mol. The summed E-state index contributed by atoms with van der Waals surface area (Å²) in [6.07, 6.45) is 5.24. The summed E-state index contributed by atoms with van der Waals surface area (Å²) >= 11 is 0. The van der Waals surface area contributed by atoms with Crippen LogP contribution in [0.2, 0.25) is 0 Å². The highest BCUT2D eigenvalue weighted by Crippen LogP contribution is 2.08. The van der Waals surface area contributed by atoms with E-state index in [1.54, 1.807) is 0 Å². The van der Waals surface area contributed by atoms with E-state index in [2.05, 4.69) is 44.8 Å². The molecule has 2 heteroatoms. The molecule has 0 amide bonds. The third-order valence-electron chi connectivity index (χ3n) is 2.93. The SMILES string of the molecule is CCCCN(CCCC)CC(C)(C)NCC. The minimum atomic E-state index is 0.246. The van der Waals surface area contributed by atoms with Crippen LogP contribution in [0.1, 0.15) is 60.3 Å². The van der Waals surface area contributed by atoms with Gasteiger partial charge in [0.05, 0.1) is 0 Å². The minimum Gasteiger partial charge on any atom is -0.311 e. The zero-order valence-electron chi connectivity index (χ0n) is 12.1. The molecule has 0 saturated heterocycles. The summed E-state index contributed by atoms with van der Waals surface area (Å²) in [5.74, 6) is 0. The molecule has 0 aliphatic carbocycles. The lowest BCUT2D eigenvalue weighted by molar-refractivity contribution is 0.197. The second-order valence-electron chi connectivity index (χ2n) is 5.40. The van der Waals surface area contributed by atoms with Crippen molar-refractivity contribution in [1.29, 1.82) is 0 Å². The fourth-order valence-electron chi connectivity index (χ4n) is 2.13. The van der Waals surface area contributed by atoms with Crippen LogP contribution in [0, 0.1) is 0 Å². The van der Waals surface area contributed by atoms with Crippen molar-refractivity contribution >= 4 is 0 Å². The number of rotatable bonds is 10. The molecule has 0 fully saturated rings. The van der Waals surface area contributed by atoms with Gasteiger partial charge in [0.15, 0.2) is 0 Å². The highest BCUT2D eigenvalue weighted by atomic mass is 15.2. The van der Waals surface area contributed by atoms with E-state index in [4.69, 9.17) is 0 Å². The van der Waals surface area contributed by atoms with Crippen molar-refractivity contribution < 1.29 is 0 Å². The van der Waals surface area contributed by atoms with Gasteiger partial charge in [0.25, 0.3) is 0 Å². The average molecular weight is 228 g/mol. The molecule has 0 rings (SSSR count). The van der Waals surface area contributed by atoms with Crippen molar-refractivity contribution in [3.05, 3.63) is 0 Å². The molecule has 1 N–H and O–H groups in total. The van der Waals surface area contributed by atoms with Crippen molar-refractivity contribution in [3.8, 4) is 0 Å². The molecule has 0 aromatic rings. The van der Waals surface area contributed by atoms with Gasteiger partial charge in [-0.15, -0.1) is 0 Å². The maximum absolute atomic E-state index is 3.56. The smallest absolute Gasteiger partial charge is 0.0252 e. The first-order chi connectivity index (χ1) is 7.55. The van der Waals surface area contributed by atoms with Crippen LogP contribution in [0.25, 0.3) is 0 Å². The fourth-order valence-corrected chi connectivity index (χ4v) is 2.13.